The van der Waals surface area contributed by atoms with Crippen molar-refractivity contribution in [3.63, 3.8) is 0 Å². The summed E-state index contributed by atoms with van der Waals surface area (Å²) in [5, 5.41) is 3.11. The molecule has 6 nitrogen and oxygen atoms in total. The van der Waals surface area contributed by atoms with Gasteiger partial charge in [0.25, 0.3) is 0 Å². The summed E-state index contributed by atoms with van der Waals surface area (Å²) in [6, 6.07) is 5.05. The maximum Gasteiger partial charge on any atom is 0.340 e. The van der Waals surface area contributed by atoms with Crippen LogP contribution in [0.3, 0.4) is 0 Å². The third-order valence-electron chi connectivity index (χ3n) is 3.42. The highest BCUT2D eigenvalue weighted by Gasteiger charge is 2.27. The maximum atomic E-state index is 11.5. The Hall–Kier alpha value is -1.76. The molecule has 1 aliphatic heterocycles. The second kappa shape index (κ2) is 5.70. The number of rotatable bonds is 4. The number of hydrogen-bond acceptors (Lipinski definition) is 6. The first-order valence-corrected chi connectivity index (χ1v) is 8.16. The van der Waals surface area contributed by atoms with E-state index in [-0.39, 0.29) is 17.4 Å². The minimum atomic E-state index is -2.88. The monoisotopic (exact) mass is 298 g/mol. The topological polar surface area (TPSA) is 98.5 Å². The standard InChI is InChI=1S/C13H18N2O4S/c1-19-13(16)10-3-2-4-11(12(10)14)15-7-9-5-6-20(17,18)8-9/h2-4,9,15H,5-8,14H2,1H3. The number of methoxy groups -OCH3 is 1. The number of ether oxygens (including phenoxy) is 1. The van der Waals surface area contributed by atoms with Gasteiger partial charge in [-0.05, 0) is 24.5 Å². The van der Waals surface area contributed by atoms with Crippen LogP contribution in [0, 0.1) is 5.92 Å². The maximum absolute atomic E-state index is 11.5. The van der Waals surface area contributed by atoms with Crippen LogP contribution in [0.15, 0.2) is 18.2 Å². The first kappa shape index (κ1) is 14.6. The molecule has 1 fully saturated rings. The molecule has 2 rings (SSSR count). The molecule has 0 saturated carbocycles. The molecule has 0 spiro atoms. The molecule has 1 aromatic rings. The number of para-hydroxylation sites is 1. The fraction of sp³-hybridized carbons (Fsp3) is 0.462. The smallest absolute Gasteiger partial charge is 0.340 e. The molecule has 3 N–H and O–H groups in total. The molecule has 1 aliphatic rings. The number of nitrogens with two attached hydrogens (primary N) is 1. The zero-order valence-corrected chi connectivity index (χ0v) is 12.1. The Bertz CT molecular complexity index is 613. The second-order valence-electron chi connectivity index (χ2n) is 4.91. The molecule has 1 atom stereocenters. The Labute approximate surface area is 118 Å². The van der Waals surface area contributed by atoms with Crippen molar-refractivity contribution in [3.05, 3.63) is 23.8 Å². The number of carbonyl (C=O) groups excluding carboxylic acids is 1. The Morgan fingerprint density at radius 3 is 2.85 bits per heavy atom. The van der Waals surface area contributed by atoms with Crippen molar-refractivity contribution in [2.24, 2.45) is 5.92 Å². The van der Waals surface area contributed by atoms with E-state index < -0.39 is 15.8 Å². The summed E-state index contributed by atoms with van der Waals surface area (Å²) in [7, 11) is -1.58. The number of nitrogens with one attached hydrogen (secondary N) is 1. The highest BCUT2D eigenvalue weighted by molar-refractivity contribution is 7.91. The molecule has 110 valence electrons. The Kier molecular flexibility index (Phi) is 4.17. The lowest BCUT2D eigenvalue weighted by atomic mass is 10.1. The van der Waals surface area contributed by atoms with E-state index in [1.165, 1.54) is 7.11 Å². The Balaban J connectivity index is 2.05. The van der Waals surface area contributed by atoms with Crippen LogP contribution in [0.25, 0.3) is 0 Å². The summed E-state index contributed by atoms with van der Waals surface area (Å²) in [5.41, 5.74) is 7.16. The molecule has 0 radical (unpaired) electrons. The number of anilines is 2. The van der Waals surface area contributed by atoms with Gasteiger partial charge in [-0.1, -0.05) is 6.07 Å². The summed E-state index contributed by atoms with van der Waals surface area (Å²) in [4.78, 5) is 11.5. The zero-order valence-electron chi connectivity index (χ0n) is 11.3. The van der Waals surface area contributed by atoms with Crippen LogP contribution in [0.5, 0.6) is 0 Å². The number of benzene rings is 1. The lowest BCUT2D eigenvalue weighted by molar-refractivity contribution is 0.0602. The molecule has 20 heavy (non-hydrogen) atoms. The molecule has 0 aliphatic carbocycles. The third-order valence-corrected chi connectivity index (χ3v) is 5.26. The van der Waals surface area contributed by atoms with Gasteiger partial charge in [-0.2, -0.15) is 0 Å². The van der Waals surface area contributed by atoms with Crippen LogP contribution >= 0.6 is 0 Å². The van der Waals surface area contributed by atoms with Crippen LogP contribution in [0.2, 0.25) is 0 Å². The van der Waals surface area contributed by atoms with Gasteiger partial charge in [0.1, 0.15) is 0 Å². The number of hydrogen-bond donors (Lipinski definition) is 2. The van der Waals surface area contributed by atoms with Gasteiger partial charge in [0.05, 0.1) is 35.6 Å². The zero-order chi connectivity index (χ0) is 14.8. The number of carbonyl (C=O) groups is 1. The first-order chi connectivity index (χ1) is 9.43. The van der Waals surface area contributed by atoms with Crippen molar-refractivity contribution in [2.45, 2.75) is 6.42 Å². The molecule has 7 heteroatoms. The largest absolute Gasteiger partial charge is 0.465 e. The van der Waals surface area contributed by atoms with Crippen LogP contribution in [0.1, 0.15) is 16.8 Å². The highest BCUT2D eigenvalue weighted by Crippen LogP contribution is 2.25. The van der Waals surface area contributed by atoms with Crippen molar-refractivity contribution < 1.29 is 17.9 Å². The summed E-state index contributed by atoms with van der Waals surface area (Å²) >= 11 is 0. The molecule has 1 unspecified atom stereocenters. The summed E-state index contributed by atoms with van der Waals surface area (Å²) in [5.74, 6) is 0.0453. The average molecular weight is 298 g/mol. The van der Waals surface area contributed by atoms with Crippen molar-refractivity contribution >= 4 is 27.2 Å². The Morgan fingerprint density at radius 2 is 2.25 bits per heavy atom. The minimum absolute atomic E-state index is 0.0844. The minimum Gasteiger partial charge on any atom is -0.465 e. The molecular weight excluding hydrogens is 280 g/mol. The SMILES string of the molecule is COC(=O)c1cccc(NCC2CCS(=O)(=O)C2)c1N. The fourth-order valence-corrected chi connectivity index (χ4v) is 4.16. The van der Waals surface area contributed by atoms with Gasteiger partial charge >= 0.3 is 5.97 Å². The normalized spacial score (nSPS) is 20.6. The molecule has 0 aromatic heterocycles. The van der Waals surface area contributed by atoms with Crippen molar-refractivity contribution in [1.29, 1.82) is 0 Å². The number of sulfone groups is 1. The summed E-state index contributed by atoms with van der Waals surface area (Å²) < 4.78 is 27.4. The average Bonchev–Trinajstić information content (AvgIpc) is 2.76. The van der Waals surface area contributed by atoms with E-state index in [0.717, 1.165) is 0 Å². The van der Waals surface area contributed by atoms with Gasteiger partial charge in [0.2, 0.25) is 0 Å². The van der Waals surface area contributed by atoms with Gasteiger partial charge in [0, 0.05) is 6.54 Å². The molecule has 1 aromatic carbocycles. The summed E-state index contributed by atoms with van der Waals surface area (Å²) in [6.07, 6.45) is 0.659. The second-order valence-corrected chi connectivity index (χ2v) is 7.14. The highest BCUT2D eigenvalue weighted by atomic mass is 32.2. The van der Waals surface area contributed by atoms with E-state index in [1.807, 2.05) is 0 Å². The molecule has 0 amide bonds. The van der Waals surface area contributed by atoms with E-state index in [4.69, 9.17) is 5.73 Å². The van der Waals surface area contributed by atoms with Gasteiger partial charge in [-0.25, -0.2) is 13.2 Å². The van der Waals surface area contributed by atoms with Crippen LogP contribution in [-0.4, -0.2) is 39.5 Å². The van der Waals surface area contributed by atoms with E-state index >= 15 is 0 Å². The van der Waals surface area contributed by atoms with E-state index in [0.29, 0.717) is 29.9 Å². The summed E-state index contributed by atoms with van der Waals surface area (Å²) in [6.45, 7) is 0.522. The quantitative estimate of drug-likeness (QED) is 0.633. The molecular formula is C13H18N2O4S. The van der Waals surface area contributed by atoms with Crippen molar-refractivity contribution in [3.8, 4) is 0 Å². The third kappa shape index (κ3) is 3.22. The van der Waals surface area contributed by atoms with E-state index in [9.17, 15) is 13.2 Å². The van der Waals surface area contributed by atoms with Gasteiger partial charge < -0.3 is 15.8 Å². The lowest BCUT2D eigenvalue weighted by Crippen LogP contribution is -2.17. The number of nitrogen functional groups attached to an aromatic ring is 1. The predicted molar refractivity (Wildman–Crippen MR) is 77.4 cm³/mol. The van der Waals surface area contributed by atoms with Gasteiger partial charge in [-0.15, -0.1) is 0 Å². The lowest BCUT2D eigenvalue weighted by Gasteiger charge is -2.14. The van der Waals surface area contributed by atoms with Crippen molar-refractivity contribution in [2.75, 3.05) is 36.2 Å². The van der Waals surface area contributed by atoms with Gasteiger partial charge in [0.15, 0.2) is 9.84 Å². The predicted octanol–water partition coefficient (Wildman–Crippen LogP) is 0.902. The van der Waals surface area contributed by atoms with Crippen LogP contribution in [-0.2, 0) is 14.6 Å². The van der Waals surface area contributed by atoms with Crippen molar-refractivity contribution in [1.82, 2.24) is 0 Å². The molecule has 1 saturated heterocycles. The van der Waals surface area contributed by atoms with Gasteiger partial charge in [-0.3, -0.25) is 0 Å². The molecule has 1 heterocycles. The van der Waals surface area contributed by atoms with E-state index in [1.54, 1.807) is 18.2 Å². The van der Waals surface area contributed by atoms with Crippen LogP contribution in [0.4, 0.5) is 11.4 Å². The fourth-order valence-electron chi connectivity index (χ4n) is 2.29. The van der Waals surface area contributed by atoms with E-state index in [2.05, 4.69) is 10.1 Å². The number of esters is 1. The van der Waals surface area contributed by atoms with Crippen LogP contribution < -0.4 is 11.1 Å². The molecule has 0 bridgehead atoms. The first-order valence-electron chi connectivity index (χ1n) is 6.34. The Morgan fingerprint density at radius 1 is 1.50 bits per heavy atom.